The molecule has 18 heavy (non-hydrogen) atoms. The molecule has 2 atom stereocenters. The van der Waals surface area contributed by atoms with Crippen LogP contribution in [0.1, 0.15) is 12.8 Å². The van der Waals surface area contributed by atoms with Crippen molar-refractivity contribution in [2.24, 2.45) is 5.92 Å². The van der Waals surface area contributed by atoms with E-state index in [1.807, 2.05) is 0 Å². The molecule has 2 fully saturated rings. The molecule has 0 aliphatic carbocycles. The Bertz CT molecular complexity index is 305. The summed E-state index contributed by atoms with van der Waals surface area (Å²) in [6, 6.07) is 0.112. The Morgan fingerprint density at radius 1 is 1.44 bits per heavy atom. The summed E-state index contributed by atoms with van der Waals surface area (Å²) in [4.78, 5) is 13.3. The third-order valence-corrected chi connectivity index (χ3v) is 4.55. The van der Waals surface area contributed by atoms with E-state index in [4.69, 9.17) is 0 Å². The van der Waals surface area contributed by atoms with Gasteiger partial charge in [0.25, 0.3) is 0 Å². The second-order valence-electron chi connectivity index (χ2n) is 4.80. The Hall–Kier alpha value is -0.430. The summed E-state index contributed by atoms with van der Waals surface area (Å²) in [5, 5.41) is 3.22. The number of carbonyl (C=O) groups is 1. The minimum absolute atomic E-state index is 0.0437. The van der Waals surface area contributed by atoms with Crippen molar-refractivity contribution in [1.82, 2.24) is 10.2 Å². The number of halogens is 3. The van der Waals surface area contributed by atoms with Crippen LogP contribution in [0.5, 0.6) is 0 Å². The number of carbonyl (C=O) groups excluding carboxylic acids is 1. The number of hydrogen-bond acceptors (Lipinski definition) is 3. The quantitative estimate of drug-likeness (QED) is 0.833. The first kappa shape index (κ1) is 14.0. The molecule has 2 aliphatic heterocycles. The number of nitrogens with one attached hydrogen (secondary N) is 1. The second kappa shape index (κ2) is 5.69. The van der Waals surface area contributed by atoms with E-state index in [2.05, 4.69) is 5.32 Å². The largest absolute Gasteiger partial charge is 0.393 e. The van der Waals surface area contributed by atoms with Gasteiger partial charge in [0.2, 0.25) is 5.91 Å². The molecular formula is C11H17F3N2OS. The Balaban J connectivity index is 1.80. The first-order valence-electron chi connectivity index (χ1n) is 6.12. The molecule has 2 heterocycles. The van der Waals surface area contributed by atoms with Crippen LogP contribution in [0.4, 0.5) is 13.2 Å². The molecule has 0 saturated carbocycles. The molecule has 0 aromatic carbocycles. The second-order valence-corrected chi connectivity index (χ2v) is 5.95. The van der Waals surface area contributed by atoms with Crippen LogP contribution >= 0.6 is 11.8 Å². The topological polar surface area (TPSA) is 32.3 Å². The number of rotatable bonds is 2. The third kappa shape index (κ3) is 3.54. The molecule has 0 spiro atoms. The zero-order valence-corrected chi connectivity index (χ0v) is 10.8. The molecule has 2 unspecified atom stereocenters. The van der Waals surface area contributed by atoms with Crippen LogP contribution in [0.15, 0.2) is 0 Å². The lowest BCUT2D eigenvalue weighted by Crippen LogP contribution is -2.42. The van der Waals surface area contributed by atoms with E-state index < -0.39 is 12.1 Å². The van der Waals surface area contributed by atoms with Gasteiger partial charge in [0, 0.05) is 43.6 Å². The van der Waals surface area contributed by atoms with Crippen LogP contribution in [0.25, 0.3) is 0 Å². The summed E-state index contributed by atoms with van der Waals surface area (Å²) >= 11 is 1.78. The number of amides is 1. The monoisotopic (exact) mass is 282 g/mol. The van der Waals surface area contributed by atoms with Gasteiger partial charge in [0.15, 0.2) is 0 Å². The number of thioether (sulfide) groups is 1. The smallest absolute Gasteiger partial charge is 0.342 e. The highest BCUT2D eigenvalue weighted by Gasteiger charge is 2.44. The van der Waals surface area contributed by atoms with Crippen molar-refractivity contribution in [3.05, 3.63) is 0 Å². The number of nitrogens with zero attached hydrogens (tertiary/aromatic N) is 1. The lowest BCUT2D eigenvalue weighted by molar-refractivity contribution is -0.171. The lowest BCUT2D eigenvalue weighted by atomic mass is 10.1. The normalized spacial score (nSPS) is 29.6. The van der Waals surface area contributed by atoms with E-state index in [0.29, 0.717) is 6.42 Å². The maximum absolute atomic E-state index is 12.5. The molecule has 3 nitrogen and oxygen atoms in total. The zero-order chi connectivity index (χ0) is 13.2. The minimum Gasteiger partial charge on any atom is -0.342 e. The lowest BCUT2D eigenvalue weighted by Gasteiger charge is -2.25. The first-order chi connectivity index (χ1) is 8.47. The van der Waals surface area contributed by atoms with Crippen LogP contribution in [-0.4, -0.2) is 54.2 Å². The molecule has 0 aromatic rings. The molecule has 2 saturated heterocycles. The summed E-state index contributed by atoms with van der Waals surface area (Å²) < 4.78 is 37.5. The average Bonchev–Trinajstić information content (AvgIpc) is 2.79. The van der Waals surface area contributed by atoms with Gasteiger partial charge in [-0.15, -0.1) is 0 Å². The fourth-order valence-electron chi connectivity index (χ4n) is 2.34. The van der Waals surface area contributed by atoms with Gasteiger partial charge < -0.3 is 10.2 Å². The van der Waals surface area contributed by atoms with Gasteiger partial charge in [-0.1, -0.05) is 0 Å². The van der Waals surface area contributed by atoms with Crippen LogP contribution in [0.3, 0.4) is 0 Å². The SMILES string of the molecule is O=C(CC1CSCCN1)N1CCC(C(F)(F)F)C1. The average molecular weight is 282 g/mol. The van der Waals surface area contributed by atoms with Gasteiger partial charge in [-0.3, -0.25) is 4.79 Å². The van der Waals surface area contributed by atoms with Gasteiger partial charge in [0.1, 0.15) is 0 Å². The van der Waals surface area contributed by atoms with E-state index >= 15 is 0 Å². The van der Waals surface area contributed by atoms with E-state index in [1.54, 1.807) is 11.8 Å². The Kier molecular flexibility index (Phi) is 4.42. The maximum atomic E-state index is 12.5. The summed E-state index contributed by atoms with van der Waals surface area (Å²) in [5.41, 5.74) is 0. The molecule has 1 N–H and O–H groups in total. The van der Waals surface area contributed by atoms with Crippen molar-refractivity contribution in [3.8, 4) is 0 Å². The minimum atomic E-state index is -4.17. The number of alkyl halides is 3. The van der Waals surface area contributed by atoms with Gasteiger partial charge >= 0.3 is 6.18 Å². The van der Waals surface area contributed by atoms with Gasteiger partial charge in [-0.2, -0.15) is 24.9 Å². The molecule has 104 valence electrons. The summed E-state index contributed by atoms with van der Waals surface area (Å²) in [6.45, 7) is 0.943. The molecule has 2 rings (SSSR count). The molecular weight excluding hydrogens is 265 g/mol. The van der Waals surface area contributed by atoms with Crippen molar-refractivity contribution in [2.45, 2.75) is 25.1 Å². The van der Waals surface area contributed by atoms with Crippen LogP contribution < -0.4 is 5.32 Å². The number of hydrogen-bond donors (Lipinski definition) is 1. The molecule has 0 radical (unpaired) electrons. The van der Waals surface area contributed by atoms with Crippen LogP contribution in [0, 0.1) is 5.92 Å². The molecule has 0 aromatic heterocycles. The summed E-state index contributed by atoms with van der Waals surface area (Å²) in [6.07, 6.45) is -3.81. The van der Waals surface area contributed by atoms with E-state index in [1.165, 1.54) is 4.90 Å². The molecule has 1 amide bonds. The highest BCUT2D eigenvalue weighted by atomic mass is 32.2. The van der Waals surface area contributed by atoms with Crippen molar-refractivity contribution in [1.29, 1.82) is 0 Å². The van der Waals surface area contributed by atoms with Crippen molar-refractivity contribution < 1.29 is 18.0 Å². The molecule has 2 aliphatic rings. The Labute approximate surface area is 108 Å². The standard InChI is InChI=1S/C11H17F3N2OS/c12-11(13,14)8-1-3-16(6-8)10(17)5-9-7-18-4-2-15-9/h8-9,15H,1-7H2. The summed E-state index contributed by atoms with van der Waals surface area (Å²) in [5.74, 6) is 0.407. The fraction of sp³-hybridized carbons (Fsp3) is 0.909. The van der Waals surface area contributed by atoms with Crippen molar-refractivity contribution in [3.63, 3.8) is 0 Å². The third-order valence-electron chi connectivity index (χ3n) is 3.42. The molecule has 7 heteroatoms. The fourth-order valence-corrected chi connectivity index (χ4v) is 3.29. The zero-order valence-electron chi connectivity index (χ0n) is 10.0. The van der Waals surface area contributed by atoms with Gasteiger partial charge in [0.05, 0.1) is 5.92 Å². The van der Waals surface area contributed by atoms with E-state index in [0.717, 1.165) is 18.1 Å². The highest BCUT2D eigenvalue weighted by Crippen LogP contribution is 2.33. The predicted octanol–water partition coefficient (Wildman–Crippen LogP) is 1.49. The number of likely N-dealkylation sites (tertiary alicyclic amines) is 1. The van der Waals surface area contributed by atoms with Gasteiger partial charge in [-0.05, 0) is 6.42 Å². The van der Waals surface area contributed by atoms with Crippen molar-refractivity contribution in [2.75, 3.05) is 31.1 Å². The molecule has 0 bridgehead atoms. The summed E-state index contributed by atoms with van der Waals surface area (Å²) in [7, 11) is 0. The van der Waals surface area contributed by atoms with E-state index in [-0.39, 0.29) is 31.5 Å². The van der Waals surface area contributed by atoms with Crippen LogP contribution in [-0.2, 0) is 4.79 Å². The van der Waals surface area contributed by atoms with Crippen LogP contribution in [0.2, 0.25) is 0 Å². The first-order valence-corrected chi connectivity index (χ1v) is 7.28. The van der Waals surface area contributed by atoms with E-state index in [9.17, 15) is 18.0 Å². The highest BCUT2D eigenvalue weighted by molar-refractivity contribution is 7.99. The maximum Gasteiger partial charge on any atom is 0.393 e. The predicted molar refractivity (Wildman–Crippen MR) is 64.5 cm³/mol. The Morgan fingerprint density at radius 2 is 2.22 bits per heavy atom. The van der Waals surface area contributed by atoms with Crippen molar-refractivity contribution >= 4 is 17.7 Å². The van der Waals surface area contributed by atoms with Gasteiger partial charge in [-0.25, -0.2) is 0 Å². The Morgan fingerprint density at radius 3 is 2.78 bits per heavy atom.